The molecule has 17 heavy (non-hydrogen) atoms. The normalized spacial score (nSPS) is 26.5. The molecule has 0 aromatic heterocycles. The van der Waals surface area contributed by atoms with Gasteiger partial charge in [-0.25, -0.2) is 0 Å². The minimum Gasteiger partial charge on any atom is -0.782 e. The first-order valence-corrected chi connectivity index (χ1v) is 8.74. The summed E-state index contributed by atoms with van der Waals surface area (Å²) in [7, 11) is -1.92. The Balaban J connectivity index is 2.61. The number of hydrogen-bond donors (Lipinski definition) is 0. The maximum atomic E-state index is 11.3. The third-order valence-electron chi connectivity index (χ3n) is 3.50. The van der Waals surface area contributed by atoms with E-state index in [0.29, 0.717) is 0 Å². The molecule has 0 aliphatic carbocycles. The summed E-state index contributed by atoms with van der Waals surface area (Å²) in [4.78, 5) is 10.9. The van der Waals surface area contributed by atoms with Gasteiger partial charge in [0, 0.05) is 13.5 Å². The van der Waals surface area contributed by atoms with Crippen LogP contribution in [-0.2, 0) is 14.0 Å². The second-order valence-corrected chi connectivity index (χ2v) is 10.8. The van der Waals surface area contributed by atoms with Crippen molar-refractivity contribution in [2.75, 3.05) is 6.54 Å². The lowest BCUT2D eigenvalue weighted by Crippen LogP contribution is -2.63. The molecule has 5 nitrogen and oxygen atoms in total. The standard InChI is InChI=1S/C11H22NO4Si/c1-8(13)15-10-9(7-12(10)14)16-17(5,6)11(2,3)4/h9-10H,7H2,1-6H3/q-1/t9-,10+/m0/s1. The summed E-state index contributed by atoms with van der Waals surface area (Å²) in [6.45, 7) is 12.2. The number of esters is 1. The van der Waals surface area contributed by atoms with Crippen molar-refractivity contribution < 1.29 is 14.0 Å². The van der Waals surface area contributed by atoms with E-state index in [0.717, 1.165) is 5.06 Å². The molecule has 0 bridgehead atoms. The summed E-state index contributed by atoms with van der Waals surface area (Å²) in [6, 6.07) is 0. The van der Waals surface area contributed by atoms with Crippen LogP contribution in [0.1, 0.15) is 27.7 Å². The first-order chi connectivity index (χ1) is 7.54. The van der Waals surface area contributed by atoms with Crippen molar-refractivity contribution in [2.24, 2.45) is 0 Å². The number of hydroxylamine groups is 2. The van der Waals surface area contributed by atoms with Crippen molar-refractivity contribution in [2.45, 2.75) is 58.2 Å². The molecule has 1 rings (SSSR count). The van der Waals surface area contributed by atoms with Gasteiger partial charge in [0.25, 0.3) is 0 Å². The van der Waals surface area contributed by atoms with Gasteiger partial charge in [0.05, 0.1) is 0 Å². The van der Waals surface area contributed by atoms with Crippen molar-refractivity contribution >= 4 is 14.3 Å². The summed E-state index contributed by atoms with van der Waals surface area (Å²) in [5.74, 6) is -0.445. The minimum atomic E-state index is -1.92. The van der Waals surface area contributed by atoms with Gasteiger partial charge in [0.1, 0.15) is 6.10 Å². The number of carbonyl (C=O) groups excluding carboxylic acids is 1. The Morgan fingerprint density at radius 2 is 1.94 bits per heavy atom. The van der Waals surface area contributed by atoms with E-state index in [1.807, 2.05) is 0 Å². The SMILES string of the molecule is CC(=O)O[C@@H]1[C@@H](O[Si](C)(C)C(C)(C)C)CN1[O-]. The molecule has 1 aliphatic heterocycles. The lowest BCUT2D eigenvalue weighted by Gasteiger charge is -2.54. The smallest absolute Gasteiger partial charge is 0.304 e. The van der Waals surface area contributed by atoms with Crippen molar-refractivity contribution in [3.05, 3.63) is 5.21 Å². The zero-order valence-corrected chi connectivity index (χ0v) is 12.4. The fraction of sp³-hybridized carbons (Fsp3) is 0.909. The van der Waals surface area contributed by atoms with Crippen LogP contribution < -0.4 is 0 Å². The summed E-state index contributed by atoms with van der Waals surface area (Å²) in [5.41, 5.74) is 0. The van der Waals surface area contributed by atoms with Crippen LogP contribution in [-0.4, -0.2) is 38.2 Å². The average Bonchev–Trinajstić information content (AvgIpc) is 2.11. The largest absolute Gasteiger partial charge is 0.782 e. The molecule has 0 unspecified atom stereocenters. The fourth-order valence-corrected chi connectivity index (χ4v) is 2.68. The molecule has 0 saturated carbocycles. The molecule has 0 spiro atoms. The van der Waals surface area contributed by atoms with Crippen LogP contribution in [0, 0.1) is 5.21 Å². The highest BCUT2D eigenvalue weighted by molar-refractivity contribution is 6.74. The Kier molecular flexibility index (Phi) is 4.03. The average molecular weight is 260 g/mol. The molecule has 1 saturated heterocycles. The molecule has 0 amide bonds. The van der Waals surface area contributed by atoms with E-state index in [1.165, 1.54) is 6.92 Å². The molecule has 100 valence electrons. The predicted molar refractivity (Wildman–Crippen MR) is 67.7 cm³/mol. The third-order valence-corrected chi connectivity index (χ3v) is 8.01. The molecule has 0 radical (unpaired) electrons. The van der Waals surface area contributed by atoms with E-state index in [4.69, 9.17) is 9.16 Å². The Bertz CT molecular complexity index is 300. The Morgan fingerprint density at radius 3 is 2.29 bits per heavy atom. The lowest BCUT2D eigenvalue weighted by atomic mass is 10.2. The quantitative estimate of drug-likeness (QED) is 0.574. The topological polar surface area (TPSA) is 61.8 Å². The van der Waals surface area contributed by atoms with Gasteiger partial charge in [0.15, 0.2) is 14.5 Å². The van der Waals surface area contributed by atoms with E-state index in [1.54, 1.807) is 0 Å². The fourth-order valence-electron chi connectivity index (χ4n) is 1.37. The summed E-state index contributed by atoms with van der Waals surface area (Å²) in [5, 5.41) is 12.1. The van der Waals surface area contributed by atoms with Gasteiger partial charge in [-0.05, 0) is 18.1 Å². The minimum absolute atomic E-state index is 0.0804. The number of ether oxygens (including phenoxy) is 1. The molecule has 0 aromatic rings. The Hall–Kier alpha value is -0.433. The van der Waals surface area contributed by atoms with Crippen LogP contribution in [0.15, 0.2) is 0 Å². The van der Waals surface area contributed by atoms with Gasteiger partial charge in [-0.1, -0.05) is 20.8 Å². The van der Waals surface area contributed by atoms with Gasteiger partial charge < -0.3 is 19.4 Å². The molecule has 2 atom stereocenters. The highest BCUT2D eigenvalue weighted by Crippen LogP contribution is 2.39. The van der Waals surface area contributed by atoms with Gasteiger partial charge in [0.2, 0.25) is 0 Å². The second kappa shape index (κ2) is 4.68. The van der Waals surface area contributed by atoms with Crippen LogP contribution in [0.4, 0.5) is 0 Å². The van der Waals surface area contributed by atoms with Gasteiger partial charge >= 0.3 is 5.97 Å². The van der Waals surface area contributed by atoms with Gasteiger partial charge in [-0.2, -0.15) is 0 Å². The van der Waals surface area contributed by atoms with Gasteiger partial charge in [-0.3, -0.25) is 4.79 Å². The molecular weight excluding hydrogens is 238 g/mol. The van der Waals surface area contributed by atoms with E-state index >= 15 is 0 Å². The summed E-state index contributed by atoms with van der Waals surface area (Å²) < 4.78 is 11.0. The van der Waals surface area contributed by atoms with Crippen LogP contribution in [0.3, 0.4) is 0 Å². The third kappa shape index (κ3) is 3.28. The van der Waals surface area contributed by atoms with Crippen molar-refractivity contribution in [3.63, 3.8) is 0 Å². The lowest BCUT2D eigenvalue weighted by molar-refractivity contribution is -0.189. The van der Waals surface area contributed by atoms with Crippen molar-refractivity contribution in [1.29, 1.82) is 0 Å². The second-order valence-electron chi connectivity index (χ2n) is 6.02. The number of carbonyl (C=O) groups is 1. The van der Waals surface area contributed by atoms with E-state index < -0.39 is 20.5 Å². The first kappa shape index (κ1) is 14.6. The molecule has 1 fully saturated rings. The van der Waals surface area contributed by atoms with Crippen molar-refractivity contribution in [1.82, 2.24) is 5.06 Å². The highest BCUT2D eigenvalue weighted by Gasteiger charge is 2.45. The molecule has 1 aliphatic rings. The monoisotopic (exact) mass is 260 g/mol. The molecule has 6 heteroatoms. The predicted octanol–water partition coefficient (Wildman–Crippen LogP) is 2.08. The maximum Gasteiger partial charge on any atom is 0.304 e. The molecule has 0 N–H and O–H groups in total. The van der Waals surface area contributed by atoms with Crippen LogP contribution in [0.5, 0.6) is 0 Å². The maximum absolute atomic E-state index is 11.3. The summed E-state index contributed by atoms with van der Waals surface area (Å²) in [6.07, 6.45) is -1.04. The molecular formula is C11H22NO4Si-. The van der Waals surface area contributed by atoms with E-state index in [2.05, 4.69) is 33.9 Å². The van der Waals surface area contributed by atoms with E-state index in [-0.39, 0.29) is 17.7 Å². The first-order valence-electron chi connectivity index (χ1n) is 5.83. The number of rotatable bonds is 3. The van der Waals surface area contributed by atoms with Crippen molar-refractivity contribution in [3.8, 4) is 0 Å². The van der Waals surface area contributed by atoms with Crippen LogP contribution >= 0.6 is 0 Å². The van der Waals surface area contributed by atoms with Gasteiger partial charge in [-0.15, -0.1) is 0 Å². The van der Waals surface area contributed by atoms with Crippen LogP contribution in [0.25, 0.3) is 0 Å². The molecule has 0 aromatic carbocycles. The number of hydrogen-bond acceptors (Lipinski definition) is 5. The van der Waals surface area contributed by atoms with Crippen LogP contribution in [0.2, 0.25) is 18.1 Å². The highest BCUT2D eigenvalue weighted by atomic mass is 28.4. The number of nitrogens with zero attached hydrogens (tertiary/aromatic N) is 1. The summed E-state index contributed by atoms with van der Waals surface area (Å²) >= 11 is 0. The Labute approximate surface area is 104 Å². The molecule has 1 heterocycles. The van der Waals surface area contributed by atoms with E-state index in [9.17, 15) is 10.0 Å². The Morgan fingerprint density at radius 1 is 1.41 bits per heavy atom. The zero-order chi connectivity index (χ0) is 13.4. The zero-order valence-electron chi connectivity index (χ0n) is 11.4.